The Bertz CT molecular complexity index is 213. The van der Waals surface area contributed by atoms with E-state index in [1.807, 2.05) is 6.92 Å². The molecule has 0 aromatic rings. The summed E-state index contributed by atoms with van der Waals surface area (Å²) in [4.78, 5) is 11.2. The van der Waals surface area contributed by atoms with Gasteiger partial charge in [0, 0.05) is 21.2 Å². The van der Waals surface area contributed by atoms with Gasteiger partial charge in [0.25, 0.3) is 0 Å². The summed E-state index contributed by atoms with van der Waals surface area (Å²) in [5, 5.41) is 2.86. The first-order valence-electron chi connectivity index (χ1n) is 7.62. The number of hydrogen-bond acceptors (Lipinski definition) is 3. The topological polar surface area (TPSA) is 47.6 Å². The molecule has 0 radical (unpaired) electrons. The number of amides is 1. The molecule has 19 heavy (non-hydrogen) atoms. The summed E-state index contributed by atoms with van der Waals surface area (Å²) in [5.74, 6) is -0.00677. The van der Waals surface area contributed by atoms with E-state index in [1.54, 1.807) is 0 Å². The van der Waals surface area contributed by atoms with Crippen molar-refractivity contribution >= 4 is 5.91 Å². The second-order valence-corrected chi connectivity index (χ2v) is 5.03. The van der Waals surface area contributed by atoms with E-state index in [9.17, 15) is 4.79 Å². The fourth-order valence-corrected chi connectivity index (χ4v) is 1.73. The maximum absolute atomic E-state index is 11.2. The highest BCUT2D eigenvalue weighted by Crippen LogP contribution is 2.05. The monoisotopic (exact) mass is 275 g/mol. The zero-order valence-electron chi connectivity index (χ0n) is 12.9. The zero-order chi connectivity index (χ0) is 14.3. The zero-order valence-corrected chi connectivity index (χ0v) is 12.9. The van der Waals surface area contributed by atoms with Crippen LogP contribution < -0.4 is 5.32 Å². The number of unbranched alkanes of at least 4 members (excludes halogenated alkanes) is 5. The maximum atomic E-state index is 11.2. The van der Waals surface area contributed by atoms with Crippen molar-refractivity contribution in [2.45, 2.75) is 65.4 Å². The van der Waals surface area contributed by atoms with Gasteiger partial charge in [-0.15, -0.1) is 0 Å². The molecule has 0 aromatic carbocycles. The number of ether oxygens (including phenoxy) is 2. The Kier molecular flexibility index (Phi) is 13.4. The van der Waals surface area contributed by atoms with E-state index in [2.05, 4.69) is 19.2 Å². The van der Waals surface area contributed by atoms with E-state index in [-0.39, 0.29) is 13.9 Å². The van der Waals surface area contributed by atoms with Crippen molar-refractivity contribution in [3.8, 4) is 0 Å². The van der Waals surface area contributed by atoms with E-state index in [0.29, 0.717) is 12.7 Å². The average molecular weight is 275 g/mol. The Balaban J connectivity index is 0. The lowest BCUT2D eigenvalue weighted by Crippen LogP contribution is -2.28. The second kappa shape index (κ2) is 13.8. The summed E-state index contributed by atoms with van der Waals surface area (Å²) in [7, 11) is 0. The third-order valence-electron chi connectivity index (χ3n) is 2.78. The van der Waals surface area contributed by atoms with Crippen molar-refractivity contribution in [1.82, 2.24) is 5.32 Å². The largest absolute Gasteiger partial charge is 0.379 e. The van der Waals surface area contributed by atoms with Crippen molar-refractivity contribution < 1.29 is 15.7 Å². The van der Waals surface area contributed by atoms with Gasteiger partial charge in [-0.2, -0.15) is 0 Å². The van der Waals surface area contributed by atoms with Gasteiger partial charge in [-0.25, -0.2) is 0 Å². The van der Waals surface area contributed by atoms with Gasteiger partial charge in [0.1, 0.15) is 6.61 Å². The lowest BCUT2D eigenvalue weighted by atomic mass is 10.1. The molecule has 0 heterocycles. The van der Waals surface area contributed by atoms with Crippen molar-refractivity contribution in [3.63, 3.8) is 0 Å². The summed E-state index contributed by atoms with van der Waals surface area (Å²) < 4.78 is 10.5. The Labute approximate surface area is 119 Å². The molecule has 0 spiro atoms. The fraction of sp³-hybridized carbons (Fsp3) is 0.933. The van der Waals surface area contributed by atoms with Crippen LogP contribution in [0.4, 0.5) is 0 Å². The summed E-state index contributed by atoms with van der Waals surface area (Å²) in [5.41, 5.74) is 0. The van der Waals surface area contributed by atoms with Crippen molar-refractivity contribution in [3.05, 3.63) is 0 Å². The van der Waals surface area contributed by atoms with Crippen LogP contribution in [0.2, 0.25) is 0 Å². The Hall–Kier alpha value is -0.610. The number of carbonyl (C=O) groups is 1. The molecule has 0 rings (SSSR count). The summed E-state index contributed by atoms with van der Waals surface area (Å²) in [6.45, 7) is 8.45. The molecule has 4 nitrogen and oxygen atoms in total. The van der Waals surface area contributed by atoms with Gasteiger partial charge < -0.3 is 14.8 Å². The minimum absolute atomic E-state index is 0. The first kappa shape index (κ1) is 18.4. The normalized spacial score (nSPS) is 10.9. The second-order valence-electron chi connectivity index (χ2n) is 5.03. The van der Waals surface area contributed by atoms with E-state index >= 15 is 0 Å². The average Bonchev–Trinajstić information content (AvgIpc) is 2.38. The molecule has 0 saturated carbocycles. The number of carbonyl (C=O) groups excluding carboxylic acids is 1. The molecule has 0 unspecified atom stereocenters. The van der Waals surface area contributed by atoms with Gasteiger partial charge in [-0.1, -0.05) is 25.7 Å². The van der Waals surface area contributed by atoms with Crippen molar-refractivity contribution in [1.29, 1.82) is 0 Å². The maximum Gasteiger partial charge on any atom is 0.245 e. The highest BCUT2D eigenvalue weighted by molar-refractivity contribution is 5.77. The van der Waals surface area contributed by atoms with E-state index < -0.39 is 0 Å². The van der Waals surface area contributed by atoms with Gasteiger partial charge in [-0.3, -0.25) is 4.79 Å². The number of hydrogen-bond donors (Lipinski definition) is 1. The minimum atomic E-state index is -0.00677. The molecule has 0 saturated heterocycles. The Morgan fingerprint density at radius 2 is 1.74 bits per heavy atom. The van der Waals surface area contributed by atoms with Crippen LogP contribution in [0.25, 0.3) is 0 Å². The number of nitrogens with one attached hydrogen (secondary N) is 1. The highest BCUT2D eigenvalue weighted by Gasteiger charge is 1.99. The SMILES string of the molecule is CCOCC(=O)NCCCCCCCCOC(C)C.[HH]. The molecule has 0 aromatic heterocycles. The molecule has 0 aliphatic heterocycles. The molecule has 0 atom stereocenters. The fourth-order valence-electron chi connectivity index (χ4n) is 1.73. The molecule has 0 aliphatic carbocycles. The lowest BCUT2D eigenvalue weighted by molar-refractivity contribution is -0.125. The van der Waals surface area contributed by atoms with Gasteiger partial charge in [-0.05, 0) is 33.6 Å². The molecule has 0 bridgehead atoms. The summed E-state index contributed by atoms with van der Waals surface area (Å²) >= 11 is 0. The molecule has 0 aliphatic rings. The van der Waals surface area contributed by atoms with Crippen LogP contribution in [0.15, 0.2) is 0 Å². The molecule has 116 valence electrons. The van der Waals surface area contributed by atoms with Crippen LogP contribution in [0.5, 0.6) is 0 Å². The molecular weight excluding hydrogens is 242 g/mol. The van der Waals surface area contributed by atoms with Crippen LogP contribution in [-0.4, -0.2) is 38.4 Å². The Morgan fingerprint density at radius 3 is 2.37 bits per heavy atom. The van der Waals surface area contributed by atoms with E-state index in [0.717, 1.165) is 26.0 Å². The minimum Gasteiger partial charge on any atom is -0.379 e. The highest BCUT2D eigenvalue weighted by atomic mass is 16.5. The van der Waals surface area contributed by atoms with Crippen LogP contribution in [-0.2, 0) is 14.3 Å². The van der Waals surface area contributed by atoms with E-state index in [4.69, 9.17) is 9.47 Å². The molecular formula is C15H33NO3. The van der Waals surface area contributed by atoms with Crippen LogP contribution in [0.1, 0.15) is 60.7 Å². The first-order valence-corrected chi connectivity index (χ1v) is 7.62. The quantitative estimate of drug-likeness (QED) is 0.525. The van der Waals surface area contributed by atoms with Crippen molar-refractivity contribution in [2.24, 2.45) is 0 Å². The van der Waals surface area contributed by atoms with Crippen LogP contribution in [0.3, 0.4) is 0 Å². The molecule has 1 N–H and O–H groups in total. The summed E-state index contributed by atoms with van der Waals surface area (Å²) in [6.07, 6.45) is 7.48. The van der Waals surface area contributed by atoms with Gasteiger partial charge >= 0.3 is 0 Å². The summed E-state index contributed by atoms with van der Waals surface area (Å²) in [6, 6.07) is 0. The van der Waals surface area contributed by atoms with E-state index in [1.165, 1.54) is 25.7 Å². The smallest absolute Gasteiger partial charge is 0.245 e. The predicted octanol–water partition coefficient (Wildman–Crippen LogP) is 3.15. The molecule has 1 amide bonds. The standard InChI is InChI=1S/C15H31NO3.H2/c1-4-18-13-15(17)16-11-9-7-5-6-8-10-12-19-14(2)3;/h14H,4-13H2,1-3H3,(H,16,17);1H. The van der Waals surface area contributed by atoms with Crippen LogP contribution >= 0.6 is 0 Å². The van der Waals surface area contributed by atoms with Crippen LogP contribution in [0, 0.1) is 0 Å². The van der Waals surface area contributed by atoms with Gasteiger partial charge in [0.05, 0.1) is 6.10 Å². The number of rotatable bonds is 13. The Morgan fingerprint density at radius 1 is 1.11 bits per heavy atom. The van der Waals surface area contributed by atoms with Gasteiger partial charge in [0.15, 0.2) is 0 Å². The molecule has 4 heteroatoms. The third-order valence-corrected chi connectivity index (χ3v) is 2.78. The third kappa shape index (κ3) is 15.3. The predicted molar refractivity (Wildman–Crippen MR) is 80.4 cm³/mol. The molecule has 0 fully saturated rings. The van der Waals surface area contributed by atoms with Crippen molar-refractivity contribution in [2.75, 3.05) is 26.4 Å². The van der Waals surface area contributed by atoms with Gasteiger partial charge in [0.2, 0.25) is 5.91 Å². The lowest BCUT2D eigenvalue weighted by Gasteiger charge is -2.07. The first-order chi connectivity index (χ1) is 9.16.